The highest BCUT2D eigenvalue weighted by Gasteiger charge is 2.13. The molecule has 2 heterocycles. The van der Waals surface area contributed by atoms with Crippen LogP contribution in [-0.4, -0.2) is 15.1 Å². The minimum absolute atomic E-state index is 0.262. The van der Waals surface area contributed by atoms with Gasteiger partial charge in [0.15, 0.2) is 0 Å². The van der Waals surface area contributed by atoms with E-state index in [4.69, 9.17) is 9.78 Å². The Balaban J connectivity index is 1.99. The van der Waals surface area contributed by atoms with E-state index in [0.717, 1.165) is 0 Å². The zero-order valence-electron chi connectivity index (χ0n) is 9.89. The molecule has 0 atom stereocenters. The first-order valence-electron chi connectivity index (χ1n) is 5.55. The Morgan fingerprint density at radius 2 is 2.10 bits per heavy atom. The van der Waals surface area contributed by atoms with Gasteiger partial charge in [0.1, 0.15) is 17.6 Å². The quantitative estimate of drug-likeness (QED) is 0.778. The summed E-state index contributed by atoms with van der Waals surface area (Å²) in [5, 5.41) is 12.6. The van der Waals surface area contributed by atoms with Crippen molar-refractivity contribution in [1.82, 2.24) is 15.1 Å². The molecule has 7 heteroatoms. The summed E-state index contributed by atoms with van der Waals surface area (Å²) in [5.74, 6) is 0.146. The van der Waals surface area contributed by atoms with E-state index in [-0.39, 0.29) is 11.7 Å². The number of halogens is 2. The van der Waals surface area contributed by atoms with Crippen LogP contribution in [-0.2, 0) is 0 Å². The number of nitrogens with zero attached hydrogens (tertiary/aromatic N) is 3. The largest absolute Gasteiger partial charge is 0.352 e. The van der Waals surface area contributed by atoms with Gasteiger partial charge in [-0.25, -0.2) is 4.39 Å². The minimum Gasteiger partial charge on any atom is -0.352 e. The van der Waals surface area contributed by atoms with Gasteiger partial charge in [-0.2, -0.15) is 10.2 Å². The number of nitrogens with one attached hydrogen (secondary N) is 1. The Kier molecular flexibility index (Phi) is 3.08. The number of benzene rings is 1. The first-order chi connectivity index (χ1) is 9.65. The molecule has 1 aromatic carbocycles. The first kappa shape index (κ1) is 12.6. The maximum atomic E-state index is 13.3. The summed E-state index contributed by atoms with van der Waals surface area (Å²) in [4.78, 5) is 6.95. The molecule has 0 aliphatic rings. The van der Waals surface area contributed by atoms with Crippen LogP contribution in [0.4, 0.5) is 4.39 Å². The van der Waals surface area contributed by atoms with Crippen molar-refractivity contribution < 1.29 is 8.91 Å². The van der Waals surface area contributed by atoms with Gasteiger partial charge in [0.25, 0.3) is 5.89 Å². The highest BCUT2D eigenvalue weighted by molar-refractivity contribution is 9.10. The van der Waals surface area contributed by atoms with E-state index in [9.17, 15) is 4.39 Å². The molecule has 3 rings (SSSR count). The topological polar surface area (TPSA) is 78.5 Å². The maximum Gasteiger partial charge on any atom is 0.259 e. The monoisotopic (exact) mass is 332 g/mol. The molecule has 1 N–H and O–H groups in total. The summed E-state index contributed by atoms with van der Waals surface area (Å²) in [6.07, 6.45) is 1.59. The normalized spacial score (nSPS) is 10.4. The molecule has 20 heavy (non-hydrogen) atoms. The molecule has 0 unspecified atom stereocenters. The van der Waals surface area contributed by atoms with Crippen molar-refractivity contribution in [1.29, 1.82) is 5.26 Å². The Bertz CT molecular complexity index is 798. The minimum atomic E-state index is -0.394. The van der Waals surface area contributed by atoms with Gasteiger partial charge in [0, 0.05) is 16.2 Å². The molecule has 0 radical (unpaired) electrons. The van der Waals surface area contributed by atoms with Crippen molar-refractivity contribution >= 4 is 15.9 Å². The smallest absolute Gasteiger partial charge is 0.259 e. The van der Waals surface area contributed by atoms with Crippen LogP contribution in [0.15, 0.2) is 39.5 Å². The van der Waals surface area contributed by atoms with E-state index >= 15 is 0 Å². The number of nitriles is 1. The lowest BCUT2D eigenvalue weighted by atomic mass is 10.2. The fourth-order valence-electron chi connectivity index (χ4n) is 1.72. The van der Waals surface area contributed by atoms with Crippen LogP contribution < -0.4 is 0 Å². The van der Waals surface area contributed by atoms with Crippen molar-refractivity contribution in [3.63, 3.8) is 0 Å². The number of aromatic nitrogens is 3. The second-order valence-corrected chi connectivity index (χ2v) is 4.91. The molecule has 98 valence electrons. The lowest BCUT2D eigenvalue weighted by Crippen LogP contribution is -1.83. The predicted molar refractivity (Wildman–Crippen MR) is 71.9 cm³/mol. The number of hydrogen-bond acceptors (Lipinski definition) is 4. The Hall–Kier alpha value is -2.46. The van der Waals surface area contributed by atoms with E-state index in [2.05, 4.69) is 31.1 Å². The van der Waals surface area contributed by atoms with Crippen LogP contribution in [0.1, 0.15) is 5.69 Å². The molecule has 0 spiro atoms. The number of H-pyrrole nitrogens is 1. The van der Waals surface area contributed by atoms with Crippen molar-refractivity contribution in [2.24, 2.45) is 0 Å². The number of rotatable bonds is 2. The lowest BCUT2D eigenvalue weighted by Gasteiger charge is -1.96. The molecular weight excluding hydrogens is 327 g/mol. The van der Waals surface area contributed by atoms with Crippen LogP contribution in [0.25, 0.3) is 22.8 Å². The van der Waals surface area contributed by atoms with Gasteiger partial charge in [0.05, 0.1) is 5.56 Å². The van der Waals surface area contributed by atoms with Gasteiger partial charge >= 0.3 is 0 Å². The standard InChI is InChI=1S/C13H6BrFN4O/c14-9-1-7(2-10(15)4-9)12-18-13(20-19-12)8-3-11(5-16)17-6-8/h1-4,6,17H. The lowest BCUT2D eigenvalue weighted by molar-refractivity contribution is 0.432. The molecule has 0 amide bonds. The van der Waals surface area contributed by atoms with Gasteiger partial charge in [-0.1, -0.05) is 21.1 Å². The summed E-state index contributed by atoms with van der Waals surface area (Å²) in [6, 6.07) is 7.92. The van der Waals surface area contributed by atoms with Crippen LogP contribution >= 0.6 is 15.9 Å². The molecule has 0 fully saturated rings. The van der Waals surface area contributed by atoms with Crippen molar-refractivity contribution in [2.45, 2.75) is 0 Å². The molecule has 5 nitrogen and oxygen atoms in total. The Morgan fingerprint density at radius 3 is 2.80 bits per heavy atom. The first-order valence-corrected chi connectivity index (χ1v) is 6.34. The average Bonchev–Trinajstić information content (AvgIpc) is 3.06. The highest BCUT2D eigenvalue weighted by Crippen LogP contribution is 2.25. The summed E-state index contributed by atoms with van der Waals surface area (Å²) in [6.45, 7) is 0. The SMILES string of the molecule is N#Cc1cc(-c2nc(-c3cc(F)cc(Br)c3)no2)c[nH]1. The van der Waals surface area contributed by atoms with E-state index in [1.54, 1.807) is 18.3 Å². The highest BCUT2D eigenvalue weighted by atomic mass is 79.9. The Morgan fingerprint density at radius 1 is 1.25 bits per heavy atom. The van der Waals surface area contributed by atoms with Gasteiger partial charge in [-0.3, -0.25) is 0 Å². The third kappa shape index (κ3) is 2.33. The third-order valence-corrected chi connectivity index (χ3v) is 3.06. The fourth-order valence-corrected chi connectivity index (χ4v) is 2.19. The van der Waals surface area contributed by atoms with E-state index in [1.165, 1.54) is 12.1 Å². The van der Waals surface area contributed by atoms with Crippen LogP contribution in [0.2, 0.25) is 0 Å². The zero-order valence-corrected chi connectivity index (χ0v) is 11.5. The molecule has 0 aliphatic heterocycles. The number of aromatic amines is 1. The van der Waals surface area contributed by atoms with Crippen LogP contribution in [0, 0.1) is 17.1 Å². The van der Waals surface area contributed by atoms with E-state index in [1.807, 2.05) is 6.07 Å². The molecule has 3 aromatic rings. The Labute approximate surface area is 121 Å². The van der Waals surface area contributed by atoms with Gasteiger partial charge in [-0.15, -0.1) is 0 Å². The second kappa shape index (κ2) is 4.90. The fraction of sp³-hybridized carbons (Fsp3) is 0. The second-order valence-electron chi connectivity index (χ2n) is 4.00. The van der Waals surface area contributed by atoms with Crippen molar-refractivity contribution in [3.05, 3.63) is 46.4 Å². The summed E-state index contributed by atoms with van der Waals surface area (Å²) >= 11 is 3.21. The summed E-state index contributed by atoms with van der Waals surface area (Å²) in [5.41, 5.74) is 1.51. The van der Waals surface area contributed by atoms with Gasteiger partial charge in [-0.05, 0) is 24.3 Å². The van der Waals surface area contributed by atoms with Gasteiger partial charge in [0.2, 0.25) is 5.82 Å². The molecule has 0 aliphatic carbocycles. The van der Waals surface area contributed by atoms with Crippen molar-refractivity contribution in [2.75, 3.05) is 0 Å². The summed E-state index contributed by atoms with van der Waals surface area (Å²) in [7, 11) is 0. The predicted octanol–water partition coefficient (Wildman–Crippen LogP) is 3.50. The number of hydrogen-bond donors (Lipinski definition) is 1. The van der Waals surface area contributed by atoms with Crippen LogP contribution in [0.5, 0.6) is 0 Å². The zero-order chi connectivity index (χ0) is 14.1. The average molecular weight is 333 g/mol. The molecule has 0 saturated heterocycles. The van der Waals surface area contributed by atoms with Crippen molar-refractivity contribution in [3.8, 4) is 28.9 Å². The van der Waals surface area contributed by atoms with E-state index < -0.39 is 5.82 Å². The van der Waals surface area contributed by atoms with Crippen LogP contribution in [0.3, 0.4) is 0 Å². The molecule has 0 saturated carbocycles. The maximum absolute atomic E-state index is 13.3. The molecule has 0 bridgehead atoms. The third-order valence-electron chi connectivity index (χ3n) is 2.60. The van der Waals surface area contributed by atoms with E-state index in [0.29, 0.717) is 21.3 Å². The molecule has 2 aromatic heterocycles. The van der Waals surface area contributed by atoms with Gasteiger partial charge < -0.3 is 9.51 Å². The summed E-state index contributed by atoms with van der Waals surface area (Å²) < 4.78 is 19.0. The molecular formula is C13H6BrFN4O.